The molecule has 5 nitrogen and oxygen atoms in total. The topological polar surface area (TPSA) is 56.7 Å². The molecule has 1 N–H and O–H groups in total. The molecule has 0 aliphatic rings. The van der Waals surface area contributed by atoms with Crippen LogP contribution in [0.15, 0.2) is 90.3 Å². The van der Waals surface area contributed by atoms with E-state index in [9.17, 15) is 14.3 Å². The Hall–Kier alpha value is -3.51. The van der Waals surface area contributed by atoms with Crippen LogP contribution in [0.3, 0.4) is 0 Å². The standard InChI is InChI=1S/C30H38FN3O2/c1-5-8-9-11-25(10-6-2)21-33(4)23-29(7-3)34(19-17-24-12-14-27(31)15-13-24)22-28-20-26(30(35)36)16-18-32-28/h5,7-16,18,20H,6,17,19,21-23H2,1-4H3,(H,35,36)/b8-5-,11-9-,25-10-,29-7-. The molecule has 0 amide bonds. The van der Waals surface area contributed by atoms with Crippen LogP contribution in [0.1, 0.15) is 48.8 Å². The monoisotopic (exact) mass is 491 g/mol. The molecule has 6 heteroatoms. The summed E-state index contributed by atoms with van der Waals surface area (Å²) >= 11 is 0. The minimum atomic E-state index is -0.969. The van der Waals surface area contributed by atoms with Crippen molar-refractivity contribution in [3.8, 4) is 0 Å². The van der Waals surface area contributed by atoms with E-state index in [4.69, 9.17) is 0 Å². The van der Waals surface area contributed by atoms with Crippen molar-refractivity contribution in [2.75, 3.05) is 26.7 Å². The predicted molar refractivity (Wildman–Crippen MR) is 145 cm³/mol. The van der Waals surface area contributed by atoms with E-state index in [1.807, 2.05) is 26.0 Å². The Bertz CT molecular complexity index is 1090. The molecule has 36 heavy (non-hydrogen) atoms. The number of likely N-dealkylation sites (N-methyl/N-ethyl adjacent to an activating group) is 1. The van der Waals surface area contributed by atoms with Crippen molar-refractivity contribution in [3.63, 3.8) is 0 Å². The molecule has 0 unspecified atom stereocenters. The number of hydrogen-bond donors (Lipinski definition) is 1. The third kappa shape index (κ3) is 10.0. The average Bonchev–Trinajstić information content (AvgIpc) is 2.86. The zero-order chi connectivity index (χ0) is 26.3. The van der Waals surface area contributed by atoms with Crippen molar-refractivity contribution < 1.29 is 14.3 Å². The number of aromatic carboxylic acids is 1. The lowest BCUT2D eigenvalue weighted by Crippen LogP contribution is -2.33. The first kappa shape index (κ1) is 28.7. The van der Waals surface area contributed by atoms with E-state index in [2.05, 4.69) is 53.1 Å². The van der Waals surface area contributed by atoms with Crippen LogP contribution in [0.4, 0.5) is 4.39 Å². The normalized spacial score (nSPS) is 12.7. The van der Waals surface area contributed by atoms with Crippen LogP contribution in [0.2, 0.25) is 0 Å². The predicted octanol–water partition coefficient (Wildman–Crippen LogP) is 6.27. The number of allylic oxidation sites excluding steroid dienone is 5. The molecule has 1 heterocycles. The van der Waals surface area contributed by atoms with E-state index in [0.717, 1.165) is 37.2 Å². The van der Waals surface area contributed by atoms with Gasteiger partial charge in [0.2, 0.25) is 0 Å². The van der Waals surface area contributed by atoms with Gasteiger partial charge in [-0.15, -0.1) is 0 Å². The fraction of sp³-hybridized carbons (Fsp3) is 0.333. The van der Waals surface area contributed by atoms with E-state index in [-0.39, 0.29) is 11.4 Å². The lowest BCUT2D eigenvalue weighted by molar-refractivity contribution is 0.0696. The van der Waals surface area contributed by atoms with Crippen LogP contribution < -0.4 is 0 Å². The van der Waals surface area contributed by atoms with Crippen LogP contribution in [0.5, 0.6) is 0 Å². The maximum absolute atomic E-state index is 13.4. The molecule has 0 saturated heterocycles. The molecular weight excluding hydrogens is 453 g/mol. The minimum absolute atomic E-state index is 0.222. The Labute approximate surface area is 215 Å². The lowest BCUT2D eigenvalue weighted by Gasteiger charge is -2.30. The summed E-state index contributed by atoms with van der Waals surface area (Å²) in [6.07, 6.45) is 15.8. The number of nitrogens with zero attached hydrogens (tertiary/aromatic N) is 3. The number of benzene rings is 1. The summed E-state index contributed by atoms with van der Waals surface area (Å²) in [6.45, 7) is 8.85. The summed E-state index contributed by atoms with van der Waals surface area (Å²) in [5, 5.41) is 9.39. The summed E-state index contributed by atoms with van der Waals surface area (Å²) in [5.74, 6) is -1.22. The van der Waals surface area contributed by atoms with Crippen LogP contribution in [0, 0.1) is 5.82 Å². The number of carbonyl (C=O) groups is 1. The largest absolute Gasteiger partial charge is 0.478 e. The number of carboxylic acid groups (broad SMARTS) is 1. The van der Waals surface area contributed by atoms with Gasteiger partial charge in [-0.3, -0.25) is 9.88 Å². The van der Waals surface area contributed by atoms with Gasteiger partial charge in [-0.2, -0.15) is 0 Å². The van der Waals surface area contributed by atoms with Crippen LogP contribution >= 0.6 is 0 Å². The highest BCUT2D eigenvalue weighted by Crippen LogP contribution is 2.16. The number of rotatable bonds is 14. The summed E-state index contributed by atoms with van der Waals surface area (Å²) in [4.78, 5) is 20.4. The molecular formula is C30H38FN3O2. The zero-order valence-corrected chi connectivity index (χ0v) is 21.8. The Morgan fingerprint density at radius 1 is 1.11 bits per heavy atom. The second-order valence-corrected chi connectivity index (χ2v) is 8.66. The third-order valence-electron chi connectivity index (χ3n) is 5.70. The molecule has 0 radical (unpaired) electrons. The second kappa shape index (κ2) is 15.5. The van der Waals surface area contributed by atoms with Gasteiger partial charge in [0.1, 0.15) is 5.82 Å². The molecule has 2 rings (SSSR count). The fourth-order valence-corrected chi connectivity index (χ4v) is 3.89. The van der Waals surface area contributed by atoms with Crippen LogP contribution in [-0.2, 0) is 13.0 Å². The van der Waals surface area contributed by atoms with Gasteiger partial charge in [0.15, 0.2) is 0 Å². The number of halogens is 1. The maximum Gasteiger partial charge on any atom is 0.335 e. The molecule has 2 aromatic rings. The van der Waals surface area contributed by atoms with Crippen molar-refractivity contribution >= 4 is 5.97 Å². The molecule has 192 valence electrons. The van der Waals surface area contributed by atoms with Gasteiger partial charge in [0.25, 0.3) is 0 Å². The van der Waals surface area contributed by atoms with Crippen molar-refractivity contribution in [1.29, 1.82) is 0 Å². The Kier molecular flexibility index (Phi) is 12.4. The van der Waals surface area contributed by atoms with Crippen molar-refractivity contribution in [2.24, 2.45) is 0 Å². The van der Waals surface area contributed by atoms with E-state index in [1.165, 1.54) is 30.0 Å². The van der Waals surface area contributed by atoms with Crippen LogP contribution in [-0.4, -0.2) is 52.5 Å². The van der Waals surface area contributed by atoms with Crippen molar-refractivity contribution in [3.05, 3.63) is 113 Å². The number of hydrogen-bond acceptors (Lipinski definition) is 4. The van der Waals surface area contributed by atoms with Gasteiger partial charge in [-0.25, -0.2) is 9.18 Å². The minimum Gasteiger partial charge on any atom is -0.478 e. The van der Waals surface area contributed by atoms with Gasteiger partial charge in [0.05, 0.1) is 17.8 Å². The molecule has 0 fully saturated rings. The highest BCUT2D eigenvalue weighted by atomic mass is 19.1. The molecule has 0 aliphatic heterocycles. The van der Waals surface area contributed by atoms with E-state index >= 15 is 0 Å². The molecule has 0 saturated carbocycles. The van der Waals surface area contributed by atoms with Gasteiger partial charge in [-0.1, -0.05) is 55.5 Å². The fourth-order valence-electron chi connectivity index (χ4n) is 3.89. The second-order valence-electron chi connectivity index (χ2n) is 8.66. The summed E-state index contributed by atoms with van der Waals surface area (Å²) < 4.78 is 13.4. The Morgan fingerprint density at radius 2 is 1.86 bits per heavy atom. The van der Waals surface area contributed by atoms with Crippen molar-refractivity contribution in [2.45, 2.75) is 40.2 Å². The zero-order valence-electron chi connectivity index (χ0n) is 21.8. The third-order valence-corrected chi connectivity index (χ3v) is 5.70. The first-order valence-electron chi connectivity index (χ1n) is 12.4. The van der Waals surface area contributed by atoms with Gasteiger partial charge in [0, 0.05) is 31.5 Å². The quantitative estimate of drug-likeness (QED) is 0.316. The summed E-state index contributed by atoms with van der Waals surface area (Å²) in [7, 11) is 2.10. The smallest absolute Gasteiger partial charge is 0.335 e. The summed E-state index contributed by atoms with van der Waals surface area (Å²) in [6, 6.07) is 9.68. The number of aromatic nitrogens is 1. The Balaban J connectivity index is 2.22. The molecule has 0 atom stereocenters. The first-order valence-corrected chi connectivity index (χ1v) is 12.4. The molecule has 0 spiro atoms. The van der Waals surface area contributed by atoms with Crippen LogP contribution in [0.25, 0.3) is 0 Å². The van der Waals surface area contributed by atoms with E-state index in [0.29, 0.717) is 18.8 Å². The van der Waals surface area contributed by atoms with Gasteiger partial charge < -0.3 is 10.0 Å². The molecule has 1 aromatic carbocycles. The highest BCUT2D eigenvalue weighted by Gasteiger charge is 2.15. The molecule has 1 aromatic heterocycles. The van der Waals surface area contributed by atoms with E-state index < -0.39 is 5.97 Å². The van der Waals surface area contributed by atoms with E-state index in [1.54, 1.807) is 18.2 Å². The first-order chi connectivity index (χ1) is 17.4. The maximum atomic E-state index is 13.4. The Morgan fingerprint density at radius 3 is 2.50 bits per heavy atom. The SMILES string of the molecule is C\C=C/C=C\C(=C\CC)CN(C)C/C(=C/C)N(CCc1ccc(F)cc1)Cc1cc(C(=O)O)ccn1. The number of pyridine rings is 1. The number of carboxylic acids is 1. The van der Waals surface area contributed by atoms with Crippen molar-refractivity contribution in [1.82, 2.24) is 14.8 Å². The molecule has 0 bridgehead atoms. The van der Waals surface area contributed by atoms with Gasteiger partial charge >= 0.3 is 5.97 Å². The molecule has 0 aliphatic carbocycles. The lowest BCUT2D eigenvalue weighted by atomic mass is 10.1. The summed E-state index contributed by atoms with van der Waals surface area (Å²) in [5.41, 5.74) is 4.33. The van der Waals surface area contributed by atoms with Gasteiger partial charge in [-0.05, 0) is 69.1 Å². The highest BCUT2D eigenvalue weighted by molar-refractivity contribution is 5.87. The average molecular weight is 492 g/mol.